The van der Waals surface area contributed by atoms with Crippen LogP contribution in [-0.2, 0) is 70.0 Å². The van der Waals surface area contributed by atoms with Crippen LogP contribution >= 0.6 is 0 Å². The van der Waals surface area contributed by atoms with E-state index in [0.717, 1.165) is 5.56 Å². The first kappa shape index (κ1) is 63.6. The molecule has 4 aliphatic heterocycles. The first-order valence-electron chi connectivity index (χ1n) is 28.2. The van der Waals surface area contributed by atoms with Crippen LogP contribution in [0, 0.1) is 23.7 Å². The number of benzene rings is 1. The van der Waals surface area contributed by atoms with Crippen LogP contribution in [0.5, 0.6) is 0 Å². The highest BCUT2D eigenvalue weighted by atomic mass is 16.7. The molecular weight excluding hydrogens is 1020 g/mol. The van der Waals surface area contributed by atoms with Gasteiger partial charge in [0.25, 0.3) is 0 Å². The van der Waals surface area contributed by atoms with E-state index in [9.17, 15) is 39.0 Å². The van der Waals surface area contributed by atoms with Gasteiger partial charge in [0.1, 0.15) is 29.2 Å². The molecule has 1 aromatic carbocycles. The van der Waals surface area contributed by atoms with Crippen molar-refractivity contribution in [3.63, 3.8) is 0 Å². The fourth-order valence-corrected chi connectivity index (χ4v) is 12.9. The standard InChI is InChI=1S/C58H90N4O17/c1-17-42-58(11)49(61(14)55(70)79-58)33(5)45(64)31(3)28-56(9,71-15)50(78-54-47(66)41(60(12)13)26-32(4)73-54)34(6)48(35(7)53(69)75-42)77-44-29-57(10,72-16)51(36(8)74-44)76-43(63)23-25-59-24-19-20-37-21-22-40-38(27-37)46(65)39(52(67)68)30-62(40)18-2/h21-22,27,30-36,41-42,44,47-51,54,59,66H,17-20,23-26,28-29H2,1-16H3,(H,67,68)/t31-,32-,33+,34+,35-,36+,41+,42+,44+,47-,48+,49?,50-,51-,54+,56-,57-,58?/m1/s1. The van der Waals surface area contributed by atoms with Crippen molar-refractivity contribution >= 4 is 40.7 Å². The molecule has 0 aliphatic carbocycles. The minimum Gasteiger partial charge on any atom is -0.477 e. The van der Waals surface area contributed by atoms with E-state index >= 15 is 0 Å². The summed E-state index contributed by atoms with van der Waals surface area (Å²) in [5.41, 5.74) is -3.09. The quantitative estimate of drug-likeness (QED) is 0.0915. The first-order chi connectivity index (χ1) is 37.1. The smallest absolute Gasteiger partial charge is 0.410 e. The highest BCUT2D eigenvalue weighted by Gasteiger charge is 2.60. The van der Waals surface area contributed by atoms with Gasteiger partial charge in [-0.1, -0.05) is 33.8 Å². The number of aliphatic hydroxyl groups is 1. The van der Waals surface area contributed by atoms with Crippen LogP contribution in [0.4, 0.5) is 4.79 Å². The minimum absolute atomic E-state index is 0.0386. The molecule has 3 N–H and O–H groups in total. The number of carbonyl (C=O) groups is 5. The van der Waals surface area contributed by atoms with E-state index in [2.05, 4.69) is 5.32 Å². The maximum absolute atomic E-state index is 14.9. The Morgan fingerprint density at radius 3 is 2.19 bits per heavy atom. The summed E-state index contributed by atoms with van der Waals surface area (Å²) in [7, 11) is 8.38. The van der Waals surface area contributed by atoms with Crippen LogP contribution in [0.1, 0.15) is 131 Å². The average Bonchev–Trinajstić information content (AvgIpc) is 3.98. The molecule has 6 rings (SSSR count). The van der Waals surface area contributed by atoms with Crippen molar-refractivity contribution in [3.8, 4) is 0 Å². The van der Waals surface area contributed by atoms with Gasteiger partial charge in [-0.25, -0.2) is 9.59 Å². The number of cyclic esters (lactones) is 1. The predicted molar refractivity (Wildman–Crippen MR) is 291 cm³/mol. The van der Waals surface area contributed by atoms with E-state index in [-0.39, 0.29) is 49.2 Å². The number of esters is 2. The predicted octanol–water partition coefficient (Wildman–Crippen LogP) is 5.73. The Bertz CT molecular complexity index is 2540. The second-order valence-corrected chi connectivity index (χ2v) is 23.5. The zero-order valence-electron chi connectivity index (χ0n) is 49.4. The molecule has 4 saturated heterocycles. The molecule has 21 heteroatoms. The van der Waals surface area contributed by atoms with Crippen LogP contribution in [0.15, 0.2) is 29.2 Å². The van der Waals surface area contributed by atoms with Gasteiger partial charge in [-0.15, -0.1) is 0 Å². The number of aliphatic hydroxyl groups excluding tert-OH is 1. The van der Waals surface area contributed by atoms with Crippen LogP contribution in [0.25, 0.3) is 10.9 Å². The molecule has 2 aromatic rings. The summed E-state index contributed by atoms with van der Waals surface area (Å²) in [5, 5.41) is 25.1. The number of rotatable bonds is 18. The number of pyridine rings is 1. The number of hydrogen-bond acceptors (Lipinski definition) is 18. The Labute approximate surface area is 465 Å². The number of aryl methyl sites for hydroxylation is 2. The van der Waals surface area contributed by atoms with Crippen molar-refractivity contribution in [1.29, 1.82) is 0 Å². The molecule has 21 nitrogen and oxygen atoms in total. The summed E-state index contributed by atoms with van der Waals surface area (Å²) in [5.74, 6) is -5.84. The maximum Gasteiger partial charge on any atom is 0.410 e. The zero-order chi connectivity index (χ0) is 58.6. The van der Waals surface area contributed by atoms with Crippen molar-refractivity contribution in [3.05, 3.63) is 45.7 Å². The number of aromatic carboxylic acids is 1. The normalized spacial score (nSPS) is 36.9. The van der Waals surface area contributed by atoms with Gasteiger partial charge in [0.2, 0.25) is 5.43 Å². The summed E-state index contributed by atoms with van der Waals surface area (Å²) in [6, 6.07) is 4.39. The summed E-state index contributed by atoms with van der Waals surface area (Å²) in [6.07, 6.45) is -5.31. The minimum atomic E-state index is -1.41. The lowest BCUT2D eigenvalue weighted by atomic mass is 9.73. The molecule has 0 spiro atoms. The Morgan fingerprint density at radius 1 is 0.899 bits per heavy atom. The fraction of sp³-hybridized carbons (Fsp3) is 0.759. The lowest BCUT2D eigenvalue weighted by Crippen LogP contribution is -2.62. The van der Waals surface area contributed by atoms with Gasteiger partial charge in [0.05, 0.1) is 53.9 Å². The SMILES string of the molecule is CC[C@@H]1OC(=O)[C@H](C)[C@@H](O[C@H]2C[C@@](C)(OC)[C@H](OC(=O)CCNCCCc3ccc4c(c3)c(=O)c(C(=O)O)cn4CC)[C@H](C)O2)[C@H](C)[C@@H](O[C@@H]2O[C@H](C)C[C@H](N(C)C)[C@H]2O)[C@](C)(OC)C[C@@H](C)C(=O)[C@H](C)C2N(C)C(=O)OC21C. The zero-order valence-corrected chi connectivity index (χ0v) is 49.4. The number of carbonyl (C=O) groups excluding carboxylic acids is 4. The number of methoxy groups -OCH3 is 2. The number of likely N-dealkylation sites (N-methyl/N-ethyl adjacent to an activating group) is 2. The van der Waals surface area contributed by atoms with Crippen LogP contribution in [-0.4, -0.2) is 187 Å². The number of fused-ring (bicyclic) bond motifs is 2. The third kappa shape index (κ3) is 13.5. The number of carboxylic acid groups (broad SMARTS) is 1. The molecule has 1 aromatic heterocycles. The van der Waals surface area contributed by atoms with Crippen molar-refractivity contribution in [2.24, 2.45) is 23.7 Å². The van der Waals surface area contributed by atoms with E-state index in [0.29, 0.717) is 49.8 Å². The number of ether oxygens (including phenoxy) is 9. The van der Waals surface area contributed by atoms with Gasteiger partial charge in [0, 0.05) is 76.2 Å². The van der Waals surface area contributed by atoms with Gasteiger partial charge in [-0.3, -0.25) is 19.2 Å². The molecular formula is C58H90N4O17. The van der Waals surface area contributed by atoms with Gasteiger partial charge < -0.3 is 72.5 Å². The van der Waals surface area contributed by atoms with Crippen molar-refractivity contribution < 1.29 is 76.8 Å². The van der Waals surface area contributed by atoms with Crippen LogP contribution in [0.3, 0.4) is 0 Å². The number of nitrogens with one attached hydrogen (secondary N) is 1. The summed E-state index contributed by atoms with van der Waals surface area (Å²) in [4.78, 5) is 84.7. The van der Waals surface area contributed by atoms with E-state index in [1.807, 2.05) is 72.7 Å². The molecule has 0 radical (unpaired) electrons. The molecule has 18 atom stereocenters. The van der Waals surface area contributed by atoms with Gasteiger partial charge in [0.15, 0.2) is 24.3 Å². The number of nitrogens with zero attached hydrogens (tertiary/aromatic N) is 3. The van der Waals surface area contributed by atoms with E-state index in [1.165, 1.54) is 25.3 Å². The molecule has 5 heterocycles. The Hall–Kier alpha value is -4.58. The molecule has 2 unspecified atom stereocenters. The Balaban J connectivity index is 1.22. The summed E-state index contributed by atoms with van der Waals surface area (Å²) in [6.45, 7) is 21.2. The first-order valence-corrected chi connectivity index (χ1v) is 28.2. The number of aromatic nitrogens is 1. The van der Waals surface area contributed by atoms with E-state index < -0.39 is 125 Å². The summed E-state index contributed by atoms with van der Waals surface area (Å²) >= 11 is 0. The third-order valence-electron chi connectivity index (χ3n) is 17.5. The van der Waals surface area contributed by atoms with E-state index in [4.69, 9.17) is 42.6 Å². The number of carboxylic acids is 1. The Kier molecular flexibility index (Phi) is 21.0. The second-order valence-electron chi connectivity index (χ2n) is 23.5. The Morgan fingerprint density at radius 2 is 1.57 bits per heavy atom. The number of amides is 1. The molecule has 0 saturated carbocycles. The van der Waals surface area contributed by atoms with E-state index in [1.54, 1.807) is 52.3 Å². The molecule has 4 fully saturated rings. The maximum atomic E-state index is 14.9. The van der Waals surface area contributed by atoms with Crippen molar-refractivity contribution in [2.75, 3.05) is 48.5 Å². The monoisotopic (exact) mass is 1110 g/mol. The number of Topliss-reactive ketones (excluding diaryl/α,β-unsaturated/α-hetero) is 1. The summed E-state index contributed by atoms with van der Waals surface area (Å²) < 4.78 is 59.9. The van der Waals surface area contributed by atoms with Crippen LogP contribution in [0.2, 0.25) is 0 Å². The second kappa shape index (κ2) is 26.1. The number of hydrogen-bond donors (Lipinski definition) is 3. The van der Waals surface area contributed by atoms with Crippen LogP contribution < -0.4 is 10.7 Å². The highest BCUT2D eigenvalue weighted by molar-refractivity contribution is 5.92. The topological polar surface area (TPSA) is 249 Å². The van der Waals surface area contributed by atoms with Crippen molar-refractivity contribution in [1.82, 2.24) is 19.7 Å². The molecule has 79 heavy (non-hydrogen) atoms. The lowest BCUT2D eigenvalue weighted by Gasteiger charge is -2.50. The average molecular weight is 1120 g/mol. The van der Waals surface area contributed by atoms with Gasteiger partial charge in [-0.05, 0) is 119 Å². The molecule has 444 valence electrons. The largest absolute Gasteiger partial charge is 0.477 e. The number of ketones is 1. The highest BCUT2D eigenvalue weighted by Crippen LogP contribution is 2.45. The molecule has 4 aliphatic rings. The molecule has 0 bridgehead atoms. The fourth-order valence-electron chi connectivity index (χ4n) is 12.9. The third-order valence-corrected chi connectivity index (χ3v) is 17.5. The lowest BCUT2D eigenvalue weighted by molar-refractivity contribution is -0.320. The molecule has 1 amide bonds. The van der Waals surface area contributed by atoms with Gasteiger partial charge >= 0.3 is 24.0 Å². The van der Waals surface area contributed by atoms with Gasteiger partial charge in [-0.2, -0.15) is 0 Å². The van der Waals surface area contributed by atoms with Crippen molar-refractivity contribution in [2.45, 2.75) is 212 Å².